The van der Waals surface area contributed by atoms with Crippen LogP contribution in [0.15, 0.2) is 54.7 Å². The van der Waals surface area contributed by atoms with Gasteiger partial charge in [0, 0.05) is 17.6 Å². The van der Waals surface area contributed by atoms with Crippen molar-refractivity contribution < 1.29 is 4.79 Å². The molecule has 1 heterocycles. The van der Waals surface area contributed by atoms with Crippen LogP contribution in [0, 0.1) is 13.8 Å². The Morgan fingerprint density at radius 3 is 2.62 bits per heavy atom. The summed E-state index contributed by atoms with van der Waals surface area (Å²) in [7, 11) is 0. The molecule has 5 nitrogen and oxygen atoms in total. The Kier molecular flexibility index (Phi) is 5.27. The molecule has 1 aromatic heterocycles. The summed E-state index contributed by atoms with van der Waals surface area (Å²) in [6.45, 7) is 6.08. The molecule has 3 aromatic rings. The average Bonchev–Trinajstić information content (AvgIpc) is 2.64. The number of nitrogens with one attached hydrogen (secondary N) is 2. The number of benzene rings is 2. The van der Waals surface area contributed by atoms with Crippen LogP contribution in [0.25, 0.3) is 0 Å². The molecule has 0 aliphatic rings. The van der Waals surface area contributed by atoms with Crippen LogP contribution in [0.3, 0.4) is 0 Å². The number of aryl methyl sites for hydroxylation is 3. The van der Waals surface area contributed by atoms with Gasteiger partial charge in [-0.05, 0) is 49.6 Å². The van der Waals surface area contributed by atoms with Crippen LogP contribution in [0.4, 0.5) is 17.3 Å². The number of hydrogen-bond donors (Lipinski definition) is 2. The van der Waals surface area contributed by atoms with Crippen molar-refractivity contribution in [1.82, 2.24) is 9.97 Å². The van der Waals surface area contributed by atoms with E-state index in [0.717, 1.165) is 28.9 Å². The number of hydrogen-bond acceptors (Lipinski definition) is 4. The lowest BCUT2D eigenvalue weighted by Crippen LogP contribution is -2.15. The van der Waals surface area contributed by atoms with Gasteiger partial charge >= 0.3 is 0 Å². The highest BCUT2D eigenvalue weighted by atomic mass is 16.1. The van der Waals surface area contributed by atoms with E-state index in [2.05, 4.69) is 33.6 Å². The number of aromatic nitrogens is 2. The summed E-state index contributed by atoms with van der Waals surface area (Å²) in [5.41, 5.74) is 5.39. The van der Waals surface area contributed by atoms with E-state index >= 15 is 0 Å². The monoisotopic (exact) mass is 346 g/mol. The highest BCUT2D eigenvalue weighted by Gasteiger charge is 2.11. The second kappa shape index (κ2) is 7.78. The zero-order valence-electron chi connectivity index (χ0n) is 15.2. The van der Waals surface area contributed by atoms with Crippen molar-refractivity contribution in [3.63, 3.8) is 0 Å². The molecule has 0 spiro atoms. The third kappa shape index (κ3) is 4.06. The first-order valence-electron chi connectivity index (χ1n) is 8.63. The van der Waals surface area contributed by atoms with E-state index < -0.39 is 0 Å². The fraction of sp³-hybridized carbons (Fsp3) is 0.190. The van der Waals surface area contributed by atoms with Crippen molar-refractivity contribution in [1.29, 1.82) is 0 Å². The van der Waals surface area contributed by atoms with Gasteiger partial charge in [0.05, 0.1) is 0 Å². The number of amides is 1. The van der Waals surface area contributed by atoms with Crippen molar-refractivity contribution in [3.05, 3.63) is 77.1 Å². The van der Waals surface area contributed by atoms with Crippen molar-refractivity contribution in [3.8, 4) is 0 Å². The lowest BCUT2D eigenvalue weighted by molar-refractivity contribution is 0.102. The van der Waals surface area contributed by atoms with Crippen LogP contribution in [0.1, 0.15) is 34.1 Å². The lowest BCUT2D eigenvalue weighted by Gasteiger charge is -2.11. The fourth-order valence-electron chi connectivity index (χ4n) is 2.76. The molecule has 0 radical (unpaired) electrons. The van der Waals surface area contributed by atoms with Crippen molar-refractivity contribution in [2.75, 3.05) is 10.6 Å². The molecule has 2 N–H and O–H groups in total. The second-order valence-corrected chi connectivity index (χ2v) is 6.17. The number of nitrogens with zero attached hydrogens (tertiary/aromatic N) is 2. The second-order valence-electron chi connectivity index (χ2n) is 6.17. The number of carbonyl (C=O) groups is 1. The Morgan fingerprint density at radius 1 is 1.04 bits per heavy atom. The smallest absolute Gasteiger partial charge is 0.274 e. The highest BCUT2D eigenvalue weighted by Crippen LogP contribution is 2.20. The summed E-state index contributed by atoms with van der Waals surface area (Å²) in [4.78, 5) is 21.1. The predicted molar refractivity (Wildman–Crippen MR) is 105 cm³/mol. The van der Waals surface area contributed by atoms with Gasteiger partial charge in [-0.1, -0.05) is 42.8 Å². The highest BCUT2D eigenvalue weighted by molar-refractivity contribution is 6.03. The van der Waals surface area contributed by atoms with Gasteiger partial charge in [0.25, 0.3) is 5.91 Å². The Morgan fingerprint density at radius 2 is 1.85 bits per heavy atom. The summed E-state index contributed by atoms with van der Waals surface area (Å²) < 4.78 is 0. The van der Waals surface area contributed by atoms with Gasteiger partial charge in [0.2, 0.25) is 5.95 Å². The SMILES string of the molecule is CCc1ccccc1Nc1nccc(C(=O)Nc2ccc(C)cc2C)n1. The molecule has 132 valence electrons. The van der Waals surface area contributed by atoms with E-state index in [4.69, 9.17) is 0 Å². The molecule has 0 unspecified atom stereocenters. The zero-order valence-corrected chi connectivity index (χ0v) is 15.2. The first-order chi connectivity index (χ1) is 12.6. The topological polar surface area (TPSA) is 66.9 Å². The molecule has 0 saturated heterocycles. The standard InChI is InChI=1S/C21H22N4O/c1-4-16-7-5-6-8-18(16)24-21-22-12-11-19(25-21)20(26)23-17-10-9-14(2)13-15(17)3/h5-13H,4H2,1-3H3,(H,23,26)(H,22,24,25). The van der Waals surface area contributed by atoms with Gasteiger partial charge in [0.1, 0.15) is 5.69 Å². The quantitative estimate of drug-likeness (QED) is 0.705. The number of anilines is 3. The third-order valence-electron chi connectivity index (χ3n) is 4.16. The van der Waals surface area contributed by atoms with E-state index in [1.807, 2.05) is 50.2 Å². The molecule has 0 bridgehead atoms. The van der Waals surface area contributed by atoms with E-state index in [-0.39, 0.29) is 5.91 Å². The summed E-state index contributed by atoms with van der Waals surface area (Å²) >= 11 is 0. The van der Waals surface area contributed by atoms with Crippen molar-refractivity contribution in [2.45, 2.75) is 27.2 Å². The van der Waals surface area contributed by atoms with Crippen LogP contribution >= 0.6 is 0 Å². The van der Waals surface area contributed by atoms with Gasteiger partial charge in [0.15, 0.2) is 0 Å². The minimum absolute atomic E-state index is 0.258. The van der Waals surface area contributed by atoms with Gasteiger partial charge in [-0.3, -0.25) is 4.79 Å². The first kappa shape index (κ1) is 17.6. The molecular weight excluding hydrogens is 324 g/mol. The van der Waals surface area contributed by atoms with Crippen LogP contribution in [0.2, 0.25) is 0 Å². The van der Waals surface area contributed by atoms with E-state index in [9.17, 15) is 4.79 Å². The van der Waals surface area contributed by atoms with E-state index in [1.54, 1.807) is 12.3 Å². The largest absolute Gasteiger partial charge is 0.324 e. The lowest BCUT2D eigenvalue weighted by atomic mass is 10.1. The first-order valence-corrected chi connectivity index (χ1v) is 8.63. The molecule has 2 aromatic carbocycles. The molecule has 3 rings (SSSR count). The number of para-hydroxylation sites is 1. The summed E-state index contributed by atoms with van der Waals surface area (Å²) in [6, 6.07) is 15.5. The number of carbonyl (C=O) groups excluding carboxylic acids is 1. The predicted octanol–water partition coefficient (Wildman–Crippen LogP) is 4.65. The minimum atomic E-state index is -0.258. The maximum Gasteiger partial charge on any atom is 0.274 e. The molecule has 0 fully saturated rings. The molecule has 5 heteroatoms. The summed E-state index contributed by atoms with van der Waals surface area (Å²) in [5.74, 6) is 0.144. The minimum Gasteiger partial charge on any atom is -0.324 e. The van der Waals surface area contributed by atoms with Gasteiger partial charge in [-0.2, -0.15) is 0 Å². The Labute approximate surface area is 153 Å². The molecule has 0 saturated carbocycles. The normalized spacial score (nSPS) is 10.4. The third-order valence-corrected chi connectivity index (χ3v) is 4.16. The van der Waals surface area contributed by atoms with Gasteiger partial charge in [-0.25, -0.2) is 9.97 Å². The van der Waals surface area contributed by atoms with Crippen LogP contribution in [-0.4, -0.2) is 15.9 Å². The Bertz CT molecular complexity index is 937. The van der Waals surface area contributed by atoms with E-state index in [0.29, 0.717) is 11.6 Å². The Hall–Kier alpha value is -3.21. The summed E-state index contributed by atoms with van der Waals surface area (Å²) in [5, 5.41) is 6.11. The van der Waals surface area contributed by atoms with Gasteiger partial charge < -0.3 is 10.6 Å². The molecule has 0 atom stereocenters. The van der Waals surface area contributed by atoms with Crippen molar-refractivity contribution >= 4 is 23.2 Å². The molecule has 0 aliphatic heterocycles. The Balaban J connectivity index is 1.79. The van der Waals surface area contributed by atoms with Crippen LogP contribution in [-0.2, 0) is 6.42 Å². The van der Waals surface area contributed by atoms with Crippen LogP contribution < -0.4 is 10.6 Å². The molecule has 0 aliphatic carbocycles. The van der Waals surface area contributed by atoms with Gasteiger partial charge in [-0.15, -0.1) is 0 Å². The molecule has 26 heavy (non-hydrogen) atoms. The maximum atomic E-state index is 12.5. The average molecular weight is 346 g/mol. The number of rotatable bonds is 5. The maximum absolute atomic E-state index is 12.5. The molecule has 1 amide bonds. The van der Waals surface area contributed by atoms with Crippen molar-refractivity contribution in [2.24, 2.45) is 0 Å². The molecular formula is C21H22N4O. The fourth-order valence-corrected chi connectivity index (χ4v) is 2.76. The van der Waals surface area contributed by atoms with E-state index in [1.165, 1.54) is 5.56 Å². The van der Waals surface area contributed by atoms with Crippen LogP contribution in [0.5, 0.6) is 0 Å². The summed E-state index contributed by atoms with van der Waals surface area (Å²) in [6.07, 6.45) is 2.48. The zero-order chi connectivity index (χ0) is 18.5.